The van der Waals surface area contributed by atoms with E-state index < -0.39 is 15.9 Å². The number of rotatable bonds is 5. The molecule has 1 saturated heterocycles. The third kappa shape index (κ3) is 3.91. The predicted molar refractivity (Wildman–Crippen MR) is 101 cm³/mol. The summed E-state index contributed by atoms with van der Waals surface area (Å²) in [6.07, 6.45) is 4.16. The van der Waals surface area contributed by atoms with Crippen LogP contribution in [-0.4, -0.2) is 46.6 Å². The summed E-state index contributed by atoms with van der Waals surface area (Å²) < 4.78 is 37.5. The molecule has 1 aromatic carbocycles. The first kappa shape index (κ1) is 19.3. The van der Waals surface area contributed by atoms with Crippen molar-refractivity contribution in [2.45, 2.75) is 37.1 Å². The molecule has 2 aromatic heterocycles. The minimum atomic E-state index is -3.59. The number of benzene rings is 1. The van der Waals surface area contributed by atoms with E-state index in [9.17, 15) is 13.2 Å². The van der Waals surface area contributed by atoms with Crippen LogP contribution in [0.3, 0.4) is 0 Å². The minimum Gasteiger partial charge on any atom is -0.400 e. The molecule has 4 rings (SSSR count). The molecular weight excluding hydrogens is 398 g/mol. The number of nitrogens with zero attached hydrogens (tertiary/aromatic N) is 4. The maximum absolute atomic E-state index is 12.9. The molecule has 1 fully saturated rings. The van der Waals surface area contributed by atoms with E-state index in [2.05, 4.69) is 20.7 Å². The van der Waals surface area contributed by atoms with E-state index in [1.165, 1.54) is 34.8 Å². The van der Waals surface area contributed by atoms with Gasteiger partial charge in [0.05, 0.1) is 11.1 Å². The van der Waals surface area contributed by atoms with Gasteiger partial charge in [0, 0.05) is 24.2 Å². The Labute approximate surface area is 166 Å². The molecule has 10 nitrogen and oxygen atoms in total. The van der Waals surface area contributed by atoms with Gasteiger partial charge in [-0.2, -0.15) is 4.31 Å². The standard InChI is InChI=1S/C18H19N5O5S/c1-12-4-2-3-11-23(12)29(25,26)14-7-5-13(6-8-14)16(24)20-18-22-21-17(27-18)15-9-10-19-28-15/h5-10,12H,2-4,11H2,1H3,(H,20,22,24). The summed E-state index contributed by atoms with van der Waals surface area (Å²) >= 11 is 0. The summed E-state index contributed by atoms with van der Waals surface area (Å²) in [5.41, 5.74) is 0.259. The van der Waals surface area contributed by atoms with Crippen LogP contribution in [0.1, 0.15) is 36.5 Å². The van der Waals surface area contributed by atoms with Gasteiger partial charge in [0.25, 0.3) is 11.8 Å². The maximum atomic E-state index is 12.9. The van der Waals surface area contributed by atoms with Crippen molar-refractivity contribution in [3.8, 4) is 11.7 Å². The van der Waals surface area contributed by atoms with E-state index in [1.54, 1.807) is 6.07 Å². The lowest BCUT2D eigenvalue weighted by atomic mass is 10.1. The SMILES string of the molecule is CC1CCCCN1S(=O)(=O)c1ccc(C(=O)Nc2nnc(-c3ccno3)o2)cc1. The van der Waals surface area contributed by atoms with Crippen LogP contribution in [-0.2, 0) is 10.0 Å². The van der Waals surface area contributed by atoms with Crippen LogP contribution in [0, 0.1) is 0 Å². The predicted octanol–water partition coefficient (Wildman–Crippen LogP) is 2.54. The zero-order valence-corrected chi connectivity index (χ0v) is 16.4. The molecule has 0 bridgehead atoms. The second-order valence-electron chi connectivity index (χ2n) is 6.73. The van der Waals surface area contributed by atoms with E-state index in [-0.39, 0.29) is 34.2 Å². The first-order valence-electron chi connectivity index (χ1n) is 9.13. The molecule has 0 spiro atoms. The number of anilines is 1. The van der Waals surface area contributed by atoms with Crippen LogP contribution in [0.5, 0.6) is 0 Å². The molecule has 29 heavy (non-hydrogen) atoms. The molecule has 1 N–H and O–H groups in total. The van der Waals surface area contributed by atoms with Gasteiger partial charge in [-0.25, -0.2) is 8.42 Å². The maximum Gasteiger partial charge on any atom is 0.322 e. The molecule has 152 valence electrons. The van der Waals surface area contributed by atoms with Crippen LogP contribution >= 0.6 is 0 Å². The highest BCUT2D eigenvalue weighted by atomic mass is 32.2. The van der Waals surface area contributed by atoms with E-state index in [0.29, 0.717) is 6.54 Å². The van der Waals surface area contributed by atoms with Crippen molar-refractivity contribution in [1.82, 2.24) is 19.7 Å². The Morgan fingerprint density at radius 1 is 1.17 bits per heavy atom. The van der Waals surface area contributed by atoms with Crippen molar-refractivity contribution in [3.05, 3.63) is 42.1 Å². The topological polar surface area (TPSA) is 131 Å². The number of carbonyl (C=O) groups excluding carboxylic acids is 1. The van der Waals surface area contributed by atoms with Crippen molar-refractivity contribution in [2.24, 2.45) is 0 Å². The monoisotopic (exact) mass is 417 g/mol. The van der Waals surface area contributed by atoms with Gasteiger partial charge in [0.1, 0.15) is 0 Å². The number of hydrogen-bond acceptors (Lipinski definition) is 8. The molecule has 0 aliphatic carbocycles. The van der Waals surface area contributed by atoms with Crippen LogP contribution < -0.4 is 5.32 Å². The number of sulfonamides is 1. The Bertz CT molecular complexity index is 1090. The van der Waals surface area contributed by atoms with Crippen molar-refractivity contribution < 1.29 is 22.2 Å². The Balaban J connectivity index is 1.47. The molecule has 1 unspecified atom stereocenters. The number of amides is 1. The third-order valence-corrected chi connectivity index (χ3v) is 6.79. The second-order valence-corrected chi connectivity index (χ2v) is 8.62. The Hall–Kier alpha value is -3.05. The average molecular weight is 417 g/mol. The normalized spacial score (nSPS) is 17.9. The lowest BCUT2D eigenvalue weighted by molar-refractivity contribution is 0.102. The molecule has 0 saturated carbocycles. The zero-order valence-electron chi connectivity index (χ0n) is 15.6. The van der Waals surface area contributed by atoms with Crippen molar-refractivity contribution in [3.63, 3.8) is 0 Å². The number of nitrogens with one attached hydrogen (secondary N) is 1. The lowest BCUT2D eigenvalue weighted by Gasteiger charge is -2.32. The van der Waals surface area contributed by atoms with E-state index >= 15 is 0 Å². The van der Waals surface area contributed by atoms with Crippen LogP contribution in [0.25, 0.3) is 11.7 Å². The van der Waals surface area contributed by atoms with Gasteiger partial charge < -0.3 is 8.94 Å². The minimum absolute atomic E-state index is 0.0344. The van der Waals surface area contributed by atoms with Gasteiger partial charge in [-0.05, 0) is 44.0 Å². The fourth-order valence-corrected chi connectivity index (χ4v) is 4.91. The van der Waals surface area contributed by atoms with Crippen molar-refractivity contribution >= 4 is 21.9 Å². The van der Waals surface area contributed by atoms with Crippen molar-refractivity contribution in [2.75, 3.05) is 11.9 Å². The second kappa shape index (κ2) is 7.76. The van der Waals surface area contributed by atoms with Gasteiger partial charge in [-0.15, -0.1) is 5.10 Å². The molecule has 1 atom stereocenters. The van der Waals surface area contributed by atoms with Gasteiger partial charge in [0.15, 0.2) is 0 Å². The average Bonchev–Trinajstić information content (AvgIpc) is 3.40. The summed E-state index contributed by atoms with van der Waals surface area (Å²) in [6, 6.07) is 7.16. The first-order valence-corrected chi connectivity index (χ1v) is 10.6. The highest BCUT2D eigenvalue weighted by Crippen LogP contribution is 2.25. The van der Waals surface area contributed by atoms with Gasteiger partial charge >= 0.3 is 6.01 Å². The Kier molecular flexibility index (Phi) is 5.16. The molecular formula is C18H19N5O5S. The number of piperidine rings is 1. The lowest BCUT2D eigenvalue weighted by Crippen LogP contribution is -2.41. The first-order chi connectivity index (χ1) is 13.9. The largest absolute Gasteiger partial charge is 0.400 e. The fourth-order valence-electron chi connectivity index (χ4n) is 3.21. The molecule has 1 aliphatic heterocycles. The summed E-state index contributed by atoms with van der Waals surface area (Å²) in [5.74, 6) is -0.151. The molecule has 3 heterocycles. The number of aromatic nitrogens is 3. The highest BCUT2D eigenvalue weighted by Gasteiger charge is 2.31. The number of hydrogen-bond donors (Lipinski definition) is 1. The smallest absolute Gasteiger partial charge is 0.322 e. The van der Waals surface area contributed by atoms with E-state index in [4.69, 9.17) is 8.94 Å². The zero-order chi connectivity index (χ0) is 20.4. The molecule has 1 amide bonds. The van der Waals surface area contributed by atoms with Gasteiger partial charge in [-0.3, -0.25) is 10.1 Å². The fraction of sp³-hybridized carbons (Fsp3) is 0.333. The van der Waals surface area contributed by atoms with Gasteiger partial charge in [0.2, 0.25) is 15.8 Å². The van der Waals surface area contributed by atoms with E-state index in [0.717, 1.165) is 19.3 Å². The summed E-state index contributed by atoms with van der Waals surface area (Å²) in [6.45, 7) is 2.42. The summed E-state index contributed by atoms with van der Waals surface area (Å²) in [4.78, 5) is 12.6. The third-order valence-electron chi connectivity index (χ3n) is 4.76. The Morgan fingerprint density at radius 3 is 2.66 bits per heavy atom. The van der Waals surface area contributed by atoms with Gasteiger partial charge in [-0.1, -0.05) is 16.7 Å². The summed E-state index contributed by atoms with van der Waals surface area (Å²) in [5, 5.41) is 13.5. The molecule has 0 radical (unpaired) electrons. The quantitative estimate of drug-likeness (QED) is 0.670. The highest BCUT2D eigenvalue weighted by molar-refractivity contribution is 7.89. The van der Waals surface area contributed by atoms with Crippen LogP contribution in [0.4, 0.5) is 6.01 Å². The molecule has 11 heteroatoms. The van der Waals surface area contributed by atoms with Crippen LogP contribution in [0.15, 0.2) is 50.4 Å². The van der Waals surface area contributed by atoms with Crippen LogP contribution in [0.2, 0.25) is 0 Å². The van der Waals surface area contributed by atoms with Crippen molar-refractivity contribution in [1.29, 1.82) is 0 Å². The number of carbonyl (C=O) groups is 1. The molecule has 1 aliphatic rings. The molecule has 3 aromatic rings. The Morgan fingerprint density at radius 2 is 1.97 bits per heavy atom. The summed E-state index contributed by atoms with van der Waals surface area (Å²) in [7, 11) is -3.59. The van der Waals surface area contributed by atoms with E-state index in [1.807, 2.05) is 6.92 Å².